The first-order valence-corrected chi connectivity index (χ1v) is 7.57. The molecule has 3 aromatic rings. The molecule has 1 nitrogen and oxygen atoms in total. The Balaban J connectivity index is 1.73. The molecule has 0 amide bonds. The van der Waals surface area contributed by atoms with Crippen LogP contribution in [-0.4, -0.2) is 0 Å². The first kappa shape index (κ1) is 12.9. The van der Waals surface area contributed by atoms with Gasteiger partial charge in [0.05, 0.1) is 18.6 Å². The third-order valence-electron chi connectivity index (χ3n) is 4.10. The van der Waals surface area contributed by atoms with E-state index in [9.17, 15) is 0 Å². The molecule has 21 heavy (non-hydrogen) atoms. The normalized spacial score (nSPS) is 15.1. The van der Waals surface area contributed by atoms with Crippen LogP contribution >= 0.6 is 11.6 Å². The lowest BCUT2D eigenvalue weighted by Crippen LogP contribution is -1.95. The fraction of sp³-hybridized carbons (Fsp3) is 0.158. The van der Waals surface area contributed by atoms with Crippen molar-refractivity contribution < 1.29 is 4.74 Å². The summed E-state index contributed by atoms with van der Waals surface area (Å²) >= 11 is 6.69. The number of hydrogen-bond donors (Lipinski definition) is 0. The summed E-state index contributed by atoms with van der Waals surface area (Å²) in [4.78, 5) is 0. The van der Waals surface area contributed by atoms with Crippen LogP contribution in [0.1, 0.15) is 27.6 Å². The lowest BCUT2D eigenvalue weighted by Gasteiger charge is -2.12. The molecule has 0 spiro atoms. The van der Waals surface area contributed by atoms with E-state index >= 15 is 0 Å². The van der Waals surface area contributed by atoms with Gasteiger partial charge in [0.1, 0.15) is 0 Å². The summed E-state index contributed by atoms with van der Waals surface area (Å²) < 4.78 is 5.47. The second-order valence-electron chi connectivity index (χ2n) is 5.49. The molecule has 1 unspecified atom stereocenters. The van der Waals surface area contributed by atoms with Crippen molar-refractivity contribution >= 4 is 22.4 Å². The summed E-state index contributed by atoms with van der Waals surface area (Å²) in [5, 5.41) is 2.35. The van der Waals surface area contributed by atoms with E-state index in [0.29, 0.717) is 6.61 Å². The summed E-state index contributed by atoms with van der Waals surface area (Å²) in [6.07, 6.45) is 0. The van der Waals surface area contributed by atoms with Crippen molar-refractivity contribution in [2.75, 3.05) is 0 Å². The molecule has 4 rings (SSSR count). The second-order valence-corrected chi connectivity index (χ2v) is 5.93. The quantitative estimate of drug-likeness (QED) is 0.590. The number of rotatable bonds is 2. The van der Waals surface area contributed by atoms with Gasteiger partial charge in [-0.2, -0.15) is 0 Å². The predicted molar refractivity (Wildman–Crippen MR) is 86.6 cm³/mol. The van der Waals surface area contributed by atoms with Crippen LogP contribution in [-0.2, 0) is 18.0 Å². The predicted octanol–water partition coefficient (Wildman–Crippen LogP) is 5.20. The molecule has 2 heteroatoms. The smallest absolute Gasteiger partial charge is 0.0835 e. The fourth-order valence-electron chi connectivity index (χ4n) is 2.91. The Morgan fingerprint density at radius 3 is 2.38 bits per heavy atom. The zero-order chi connectivity index (χ0) is 14.2. The van der Waals surface area contributed by atoms with Crippen LogP contribution in [0.2, 0.25) is 0 Å². The standard InChI is InChI=1S/C19H15ClO/c20-19(16-7-8-17-11-21-12-18(17)10-16)15-6-5-13-3-1-2-4-14(13)9-15/h1-10,19H,11-12H2. The molecule has 1 heterocycles. The van der Waals surface area contributed by atoms with E-state index in [1.807, 2.05) is 0 Å². The van der Waals surface area contributed by atoms with Gasteiger partial charge >= 0.3 is 0 Å². The Hall–Kier alpha value is -1.83. The van der Waals surface area contributed by atoms with E-state index < -0.39 is 0 Å². The zero-order valence-corrected chi connectivity index (χ0v) is 12.3. The van der Waals surface area contributed by atoms with Gasteiger partial charge in [-0.1, -0.05) is 54.6 Å². The van der Waals surface area contributed by atoms with Gasteiger partial charge in [0.2, 0.25) is 0 Å². The minimum atomic E-state index is -0.125. The Labute approximate surface area is 129 Å². The fourth-order valence-corrected chi connectivity index (χ4v) is 3.18. The van der Waals surface area contributed by atoms with E-state index in [4.69, 9.17) is 16.3 Å². The van der Waals surface area contributed by atoms with Gasteiger partial charge in [-0.15, -0.1) is 11.6 Å². The van der Waals surface area contributed by atoms with E-state index in [1.165, 1.54) is 21.9 Å². The highest BCUT2D eigenvalue weighted by atomic mass is 35.5. The highest BCUT2D eigenvalue weighted by Crippen LogP contribution is 2.33. The Morgan fingerprint density at radius 2 is 1.48 bits per heavy atom. The summed E-state index contributed by atoms with van der Waals surface area (Å²) in [7, 11) is 0. The van der Waals surface area contributed by atoms with Gasteiger partial charge in [0.15, 0.2) is 0 Å². The van der Waals surface area contributed by atoms with Crippen molar-refractivity contribution in [3.8, 4) is 0 Å². The maximum Gasteiger partial charge on any atom is 0.0835 e. The average molecular weight is 295 g/mol. The molecule has 1 atom stereocenters. The minimum absolute atomic E-state index is 0.125. The molecule has 0 saturated carbocycles. The second kappa shape index (κ2) is 5.18. The molecule has 1 aliphatic rings. The molecule has 0 bridgehead atoms. The molecule has 0 N–H and O–H groups in total. The Bertz CT molecular complexity index is 810. The van der Waals surface area contributed by atoms with Crippen LogP contribution in [0.3, 0.4) is 0 Å². The van der Waals surface area contributed by atoms with E-state index in [0.717, 1.165) is 17.7 Å². The zero-order valence-electron chi connectivity index (χ0n) is 11.6. The molecule has 0 aliphatic carbocycles. The molecule has 0 fully saturated rings. The van der Waals surface area contributed by atoms with Crippen LogP contribution in [0.25, 0.3) is 10.8 Å². The largest absolute Gasteiger partial charge is 0.372 e. The first-order chi connectivity index (χ1) is 10.3. The molecule has 104 valence electrons. The molecule has 0 aromatic heterocycles. The topological polar surface area (TPSA) is 9.23 Å². The van der Waals surface area contributed by atoms with E-state index in [1.54, 1.807) is 0 Å². The van der Waals surface area contributed by atoms with Crippen molar-refractivity contribution in [3.63, 3.8) is 0 Å². The molecular weight excluding hydrogens is 280 g/mol. The maximum atomic E-state index is 6.69. The van der Waals surface area contributed by atoms with Crippen molar-refractivity contribution in [2.45, 2.75) is 18.6 Å². The van der Waals surface area contributed by atoms with Gasteiger partial charge in [0, 0.05) is 0 Å². The number of hydrogen-bond acceptors (Lipinski definition) is 1. The number of alkyl halides is 1. The van der Waals surface area contributed by atoms with Crippen LogP contribution in [0.5, 0.6) is 0 Å². The van der Waals surface area contributed by atoms with Crippen molar-refractivity contribution in [2.24, 2.45) is 0 Å². The Kier molecular flexibility index (Phi) is 3.17. The summed E-state index contributed by atoms with van der Waals surface area (Å²) in [5.74, 6) is 0. The van der Waals surface area contributed by atoms with Crippen molar-refractivity contribution in [1.29, 1.82) is 0 Å². The van der Waals surface area contributed by atoms with Gasteiger partial charge in [-0.3, -0.25) is 0 Å². The highest BCUT2D eigenvalue weighted by molar-refractivity contribution is 6.22. The van der Waals surface area contributed by atoms with Gasteiger partial charge in [-0.25, -0.2) is 0 Å². The van der Waals surface area contributed by atoms with Crippen LogP contribution in [0, 0.1) is 0 Å². The van der Waals surface area contributed by atoms with Crippen LogP contribution in [0.15, 0.2) is 60.7 Å². The highest BCUT2D eigenvalue weighted by Gasteiger charge is 2.16. The number of benzene rings is 3. The van der Waals surface area contributed by atoms with Gasteiger partial charge < -0.3 is 4.74 Å². The third kappa shape index (κ3) is 2.33. The van der Waals surface area contributed by atoms with E-state index in [2.05, 4.69) is 60.7 Å². The molecular formula is C19H15ClO. The van der Waals surface area contributed by atoms with Gasteiger partial charge in [0.25, 0.3) is 0 Å². The van der Waals surface area contributed by atoms with Crippen molar-refractivity contribution in [3.05, 3.63) is 82.9 Å². The lowest BCUT2D eigenvalue weighted by molar-refractivity contribution is 0.134. The average Bonchev–Trinajstić information content (AvgIpc) is 3.01. The van der Waals surface area contributed by atoms with Crippen molar-refractivity contribution in [1.82, 2.24) is 0 Å². The van der Waals surface area contributed by atoms with Gasteiger partial charge in [-0.05, 0) is 39.1 Å². The molecule has 0 radical (unpaired) electrons. The summed E-state index contributed by atoms with van der Waals surface area (Å²) in [6.45, 7) is 1.42. The molecule has 3 aromatic carbocycles. The summed E-state index contributed by atoms with van der Waals surface area (Å²) in [6, 6.07) is 21.2. The van der Waals surface area contributed by atoms with Crippen LogP contribution < -0.4 is 0 Å². The molecule has 1 aliphatic heterocycles. The number of fused-ring (bicyclic) bond motifs is 2. The SMILES string of the molecule is ClC(c1ccc2c(c1)COC2)c1ccc2ccccc2c1. The van der Waals surface area contributed by atoms with Crippen LogP contribution in [0.4, 0.5) is 0 Å². The lowest BCUT2D eigenvalue weighted by atomic mass is 9.98. The minimum Gasteiger partial charge on any atom is -0.372 e. The monoisotopic (exact) mass is 294 g/mol. The number of halogens is 1. The van der Waals surface area contributed by atoms with E-state index in [-0.39, 0.29) is 5.38 Å². The Morgan fingerprint density at radius 1 is 0.762 bits per heavy atom. The molecule has 0 saturated heterocycles. The maximum absolute atomic E-state index is 6.69. The number of ether oxygens (including phenoxy) is 1. The third-order valence-corrected chi connectivity index (χ3v) is 4.61. The summed E-state index contributed by atoms with van der Waals surface area (Å²) in [5.41, 5.74) is 4.81. The first-order valence-electron chi connectivity index (χ1n) is 7.13.